The van der Waals surface area contributed by atoms with Crippen molar-refractivity contribution < 1.29 is 0 Å². The van der Waals surface area contributed by atoms with Crippen LogP contribution in [0.2, 0.25) is 0 Å². The Balaban J connectivity index is 1.29. The molecule has 4 aromatic heterocycles. The van der Waals surface area contributed by atoms with E-state index in [1.807, 2.05) is 0 Å². The van der Waals surface area contributed by atoms with Crippen LogP contribution in [0.25, 0.3) is 110 Å². The third kappa shape index (κ3) is 3.30. The van der Waals surface area contributed by atoms with Gasteiger partial charge in [0.25, 0.3) is 0 Å². The molecule has 0 aliphatic carbocycles. The third-order valence-electron chi connectivity index (χ3n) is 10.8. The largest absolute Gasteiger partial charge is 0.308 e. The van der Waals surface area contributed by atoms with E-state index in [0.29, 0.717) is 5.95 Å². The van der Waals surface area contributed by atoms with Crippen molar-refractivity contribution in [1.82, 2.24) is 18.9 Å². The van der Waals surface area contributed by atoms with Crippen molar-refractivity contribution in [3.8, 4) is 17.2 Å². The Morgan fingerprint density at radius 1 is 0.380 bits per heavy atom. The number of benzene rings is 8. The van der Waals surface area contributed by atoms with E-state index in [2.05, 4.69) is 167 Å². The van der Waals surface area contributed by atoms with E-state index in [9.17, 15) is 0 Å². The van der Waals surface area contributed by atoms with Crippen LogP contribution in [0.3, 0.4) is 0 Å². The first-order chi connectivity index (χ1) is 24.8. The molecule has 0 aliphatic heterocycles. The molecular formula is C46H26N4. The molecule has 0 atom stereocenters. The van der Waals surface area contributed by atoms with Gasteiger partial charge in [0.05, 0.1) is 38.8 Å². The number of rotatable bonds is 2. The van der Waals surface area contributed by atoms with Gasteiger partial charge >= 0.3 is 0 Å². The van der Waals surface area contributed by atoms with Crippen molar-refractivity contribution in [3.63, 3.8) is 0 Å². The van der Waals surface area contributed by atoms with Gasteiger partial charge in [0.2, 0.25) is 5.95 Å². The van der Waals surface area contributed by atoms with Crippen molar-refractivity contribution in [1.29, 1.82) is 0 Å². The molecule has 0 saturated carbocycles. The molecule has 4 heteroatoms. The summed E-state index contributed by atoms with van der Waals surface area (Å²) in [6.45, 7) is 0. The quantitative estimate of drug-likeness (QED) is 0.177. The molecule has 0 fully saturated rings. The monoisotopic (exact) mass is 634 g/mol. The minimum absolute atomic E-state index is 0.671. The van der Waals surface area contributed by atoms with Crippen molar-refractivity contribution >= 4 is 92.3 Å². The highest BCUT2D eigenvalue weighted by Crippen LogP contribution is 2.46. The lowest BCUT2D eigenvalue weighted by Gasteiger charge is -2.14. The van der Waals surface area contributed by atoms with Crippen LogP contribution in [0.15, 0.2) is 158 Å². The first-order valence-electron chi connectivity index (χ1n) is 17.1. The Morgan fingerprint density at radius 3 is 1.80 bits per heavy atom. The van der Waals surface area contributed by atoms with Gasteiger partial charge in [0.1, 0.15) is 0 Å². The van der Waals surface area contributed by atoms with Gasteiger partial charge in [-0.25, -0.2) is 9.97 Å². The van der Waals surface area contributed by atoms with E-state index in [1.165, 1.54) is 65.0 Å². The lowest BCUT2D eigenvalue weighted by Crippen LogP contribution is -2.04. The van der Waals surface area contributed by atoms with E-state index in [-0.39, 0.29) is 0 Å². The van der Waals surface area contributed by atoms with E-state index in [0.717, 1.165) is 38.6 Å². The lowest BCUT2D eigenvalue weighted by atomic mass is 9.98. The Hall–Kier alpha value is -6.78. The Morgan fingerprint density at radius 2 is 0.980 bits per heavy atom. The van der Waals surface area contributed by atoms with Crippen molar-refractivity contribution in [3.05, 3.63) is 158 Å². The molecule has 0 amide bonds. The van der Waals surface area contributed by atoms with Crippen LogP contribution >= 0.6 is 0 Å². The molecule has 50 heavy (non-hydrogen) atoms. The topological polar surface area (TPSA) is 35.1 Å². The molecule has 0 saturated heterocycles. The normalized spacial score (nSPS) is 12.4. The van der Waals surface area contributed by atoms with Gasteiger partial charge in [0.15, 0.2) is 0 Å². The zero-order valence-corrected chi connectivity index (χ0v) is 26.8. The van der Waals surface area contributed by atoms with Crippen LogP contribution in [0.5, 0.6) is 0 Å². The van der Waals surface area contributed by atoms with Crippen molar-refractivity contribution in [2.75, 3.05) is 0 Å². The first kappa shape index (κ1) is 26.2. The zero-order valence-electron chi connectivity index (χ0n) is 26.8. The average molecular weight is 635 g/mol. The molecule has 0 unspecified atom stereocenters. The summed E-state index contributed by atoms with van der Waals surface area (Å²) in [5, 5.41) is 13.2. The van der Waals surface area contributed by atoms with Crippen molar-refractivity contribution in [2.45, 2.75) is 0 Å². The number of nitrogens with zero attached hydrogens (tertiary/aromatic N) is 4. The molecule has 0 aliphatic rings. The van der Waals surface area contributed by atoms with Crippen molar-refractivity contribution in [2.24, 2.45) is 0 Å². The van der Waals surface area contributed by atoms with E-state index in [1.54, 1.807) is 0 Å². The Bertz CT molecular complexity index is 3380. The molecule has 4 heterocycles. The fraction of sp³-hybridized carbons (Fsp3) is 0. The van der Waals surface area contributed by atoms with E-state index < -0.39 is 0 Å². The number of hydrogen-bond acceptors (Lipinski definition) is 2. The van der Waals surface area contributed by atoms with Crippen LogP contribution in [-0.4, -0.2) is 18.9 Å². The molecule has 8 aromatic carbocycles. The van der Waals surface area contributed by atoms with Gasteiger partial charge in [0, 0.05) is 43.3 Å². The zero-order chi connectivity index (χ0) is 32.5. The predicted molar refractivity (Wildman–Crippen MR) is 209 cm³/mol. The molecule has 4 nitrogen and oxygen atoms in total. The second-order valence-corrected chi connectivity index (χ2v) is 13.4. The minimum Gasteiger partial charge on any atom is -0.308 e. The Labute approximate surface area is 285 Å². The van der Waals surface area contributed by atoms with Gasteiger partial charge in [-0.05, 0) is 57.9 Å². The summed E-state index contributed by atoms with van der Waals surface area (Å²) in [6, 6.07) is 56.8. The third-order valence-corrected chi connectivity index (χ3v) is 10.8. The minimum atomic E-state index is 0.671. The number of hydrogen-bond donors (Lipinski definition) is 0. The highest BCUT2D eigenvalue weighted by molar-refractivity contribution is 6.34. The fourth-order valence-corrected chi connectivity index (χ4v) is 8.70. The van der Waals surface area contributed by atoms with Gasteiger partial charge in [-0.2, -0.15) is 0 Å². The summed E-state index contributed by atoms with van der Waals surface area (Å²) in [4.78, 5) is 11.0. The number of para-hydroxylation sites is 3. The predicted octanol–water partition coefficient (Wildman–Crippen LogP) is 11.9. The smallest absolute Gasteiger partial charge is 0.235 e. The average Bonchev–Trinajstić information content (AvgIpc) is 3.82. The van der Waals surface area contributed by atoms with Gasteiger partial charge in [-0.3, -0.25) is 4.57 Å². The molecule has 12 aromatic rings. The molecule has 0 radical (unpaired) electrons. The highest BCUT2D eigenvalue weighted by Gasteiger charge is 2.25. The van der Waals surface area contributed by atoms with Crippen LogP contribution in [-0.2, 0) is 0 Å². The van der Waals surface area contributed by atoms with E-state index >= 15 is 0 Å². The SMILES string of the molecule is c1ccc2cc(-c3nc(-n4c5ccccc5c5cc6c7ccccc7n7c8ccccc8c(c54)c67)nc4ccc5ccccc5c34)ccc2c1. The maximum absolute atomic E-state index is 5.59. The molecular weight excluding hydrogens is 609 g/mol. The summed E-state index contributed by atoms with van der Waals surface area (Å²) in [5.74, 6) is 0.671. The summed E-state index contributed by atoms with van der Waals surface area (Å²) in [5.41, 5.74) is 8.84. The highest BCUT2D eigenvalue weighted by atomic mass is 15.2. The molecule has 0 spiro atoms. The van der Waals surface area contributed by atoms with Gasteiger partial charge in [-0.1, -0.05) is 121 Å². The summed E-state index contributed by atoms with van der Waals surface area (Å²) >= 11 is 0. The summed E-state index contributed by atoms with van der Waals surface area (Å²) < 4.78 is 4.77. The van der Waals surface area contributed by atoms with Crippen LogP contribution in [0.1, 0.15) is 0 Å². The summed E-state index contributed by atoms with van der Waals surface area (Å²) in [7, 11) is 0. The van der Waals surface area contributed by atoms with Crippen LogP contribution in [0, 0.1) is 0 Å². The van der Waals surface area contributed by atoms with Gasteiger partial charge < -0.3 is 4.40 Å². The molecule has 0 N–H and O–H groups in total. The second kappa shape index (κ2) is 9.43. The van der Waals surface area contributed by atoms with Gasteiger partial charge in [-0.15, -0.1) is 0 Å². The standard InChI is InChI=1S/C46H26N4/c1-2-13-29-25-30(22-21-27(29)11-1)43-41-31-14-4-3-12-28(31)23-24-37(41)47-46(48-43)50-39-19-9-6-16-33(39)36-26-35-32-15-5-8-18-38(32)49-40-20-10-7-17-34(40)42(44(35)49)45(36)50/h1-26H. The molecule has 230 valence electrons. The van der Waals surface area contributed by atoms with Crippen LogP contribution < -0.4 is 0 Å². The lowest BCUT2D eigenvalue weighted by molar-refractivity contribution is 1.02. The maximum Gasteiger partial charge on any atom is 0.235 e. The second-order valence-electron chi connectivity index (χ2n) is 13.4. The number of aromatic nitrogens is 4. The molecule has 12 rings (SSSR count). The van der Waals surface area contributed by atoms with Crippen LogP contribution in [0.4, 0.5) is 0 Å². The number of fused-ring (bicyclic) bond motifs is 14. The maximum atomic E-state index is 5.59. The molecule has 0 bridgehead atoms. The first-order valence-corrected chi connectivity index (χ1v) is 17.1. The van der Waals surface area contributed by atoms with E-state index in [4.69, 9.17) is 9.97 Å². The fourth-order valence-electron chi connectivity index (χ4n) is 8.70. The summed E-state index contributed by atoms with van der Waals surface area (Å²) in [6.07, 6.45) is 0. The Kier molecular flexibility index (Phi) is 4.94.